The second-order valence-corrected chi connectivity index (χ2v) is 17.0. The van der Waals surface area contributed by atoms with E-state index in [1.54, 1.807) is 0 Å². The van der Waals surface area contributed by atoms with Crippen LogP contribution in [0.2, 0.25) is 0 Å². The molecule has 0 N–H and O–H groups in total. The van der Waals surface area contributed by atoms with Gasteiger partial charge < -0.3 is 8.85 Å². The van der Waals surface area contributed by atoms with Crippen molar-refractivity contribution in [1.82, 2.24) is 8.47 Å². The molecule has 0 aliphatic carbocycles. The quantitative estimate of drug-likeness (QED) is 0.0927. The summed E-state index contributed by atoms with van der Waals surface area (Å²) in [7, 11) is -4.01. The van der Waals surface area contributed by atoms with Crippen LogP contribution in [0, 0.1) is 0 Å². The third kappa shape index (κ3) is 5.43. The van der Waals surface area contributed by atoms with Crippen LogP contribution >= 0.6 is 0 Å². The smallest absolute Gasteiger partial charge is 0.361 e. The standard InChI is InChI=1S/C44H42N8O2Si/c1-3-5-7-17-27-53-55(54-28-18-8-6-4-2)51-41-33-23-13-14-24-34(33)43(51)49-39-31-21-11-12-22-32(31)40(46-39)50-44-36-26-16-15-25-35(36)42(52(44)55)48-38-30-20-10-9-19-29(30)37(45-38)47-41/h9-16,19-26H,3-8,17-18,27-28H2,1-2H3. The average Bonchev–Trinajstić information content (AvgIpc) is 3.93. The molecule has 6 bridgehead atoms. The van der Waals surface area contributed by atoms with Crippen LogP contribution in [0.4, 0.5) is 11.6 Å². The molecule has 0 unspecified atom stereocenters. The molecule has 0 atom stereocenters. The zero-order chi connectivity index (χ0) is 36.9. The van der Waals surface area contributed by atoms with Crippen molar-refractivity contribution >= 4 is 65.4 Å². The largest absolute Gasteiger partial charge is 0.603 e. The SMILES string of the molecule is CCCCCCO[Si]1(OCCCCCC)n2c3c4ccccc4c2N=C2N=C(N=c4c5ccccc5c(n41)=NC1=NC(=N3)c3ccccc31)c1ccccc12. The lowest BCUT2D eigenvalue weighted by Crippen LogP contribution is -2.64. The maximum atomic E-state index is 7.56. The molecule has 0 spiro atoms. The van der Waals surface area contributed by atoms with E-state index < -0.39 is 8.88 Å². The molecule has 4 aliphatic rings. The van der Waals surface area contributed by atoms with Crippen molar-refractivity contribution in [2.45, 2.75) is 65.2 Å². The summed E-state index contributed by atoms with van der Waals surface area (Å²) in [6, 6.07) is 33.1. The van der Waals surface area contributed by atoms with Gasteiger partial charge in [-0.2, -0.15) is 0 Å². The van der Waals surface area contributed by atoms with Crippen LogP contribution in [0.5, 0.6) is 0 Å². The summed E-state index contributed by atoms with van der Waals surface area (Å²) in [5, 5.41) is 3.72. The number of amidine groups is 4. The zero-order valence-corrected chi connectivity index (χ0v) is 32.2. The van der Waals surface area contributed by atoms with E-state index in [0.717, 1.165) is 95.2 Å². The first-order valence-corrected chi connectivity index (χ1v) is 21.4. The van der Waals surface area contributed by atoms with Crippen molar-refractivity contribution in [2.75, 3.05) is 13.2 Å². The van der Waals surface area contributed by atoms with Crippen LogP contribution in [0.25, 0.3) is 21.5 Å². The van der Waals surface area contributed by atoms with E-state index in [1.807, 2.05) is 24.3 Å². The van der Waals surface area contributed by atoms with Crippen molar-refractivity contribution in [3.8, 4) is 0 Å². The fourth-order valence-corrected chi connectivity index (χ4v) is 11.6. The molecule has 2 aromatic heterocycles. The van der Waals surface area contributed by atoms with Gasteiger partial charge >= 0.3 is 8.88 Å². The summed E-state index contributed by atoms with van der Waals surface area (Å²) in [5.74, 6) is 3.76. The van der Waals surface area contributed by atoms with Gasteiger partial charge in [-0.05, 0) is 12.8 Å². The summed E-state index contributed by atoms with van der Waals surface area (Å²) >= 11 is 0. The van der Waals surface area contributed by atoms with E-state index in [4.69, 9.17) is 38.8 Å². The van der Waals surface area contributed by atoms with E-state index in [9.17, 15) is 0 Å². The first-order chi connectivity index (χ1) is 27.2. The molecule has 10 rings (SSSR count). The first kappa shape index (κ1) is 33.9. The van der Waals surface area contributed by atoms with Gasteiger partial charge in [0.2, 0.25) is 0 Å². The minimum Gasteiger partial charge on any atom is -0.361 e. The lowest BCUT2D eigenvalue weighted by atomic mass is 10.1. The maximum absolute atomic E-state index is 7.56. The number of nitrogens with zero attached hydrogens (tertiary/aromatic N) is 8. The Hall–Kier alpha value is -5.62. The van der Waals surface area contributed by atoms with E-state index in [2.05, 4.69) is 95.1 Å². The normalized spacial score (nSPS) is 15.7. The van der Waals surface area contributed by atoms with Gasteiger partial charge in [0, 0.05) is 57.0 Å². The minimum atomic E-state index is -4.01. The fraction of sp³-hybridized carbons (Fsp3) is 0.273. The van der Waals surface area contributed by atoms with Crippen molar-refractivity contribution in [3.05, 3.63) is 130 Å². The lowest BCUT2D eigenvalue weighted by molar-refractivity contribution is 0.143. The predicted molar refractivity (Wildman–Crippen MR) is 221 cm³/mol. The van der Waals surface area contributed by atoms with Crippen molar-refractivity contribution in [1.29, 1.82) is 0 Å². The number of unbranched alkanes of at least 4 members (excludes halogenated alkanes) is 6. The maximum Gasteiger partial charge on any atom is 0.603 e. The Morgan fingerprint density at radius 3 is 1.22 bits per heavy atom. The Labute approximate surface area is 320 Å². The molecular formula is C44H42N8O2Si. The second kappa shape index (κ2) is 13.9. The van der Waals surface area contributed by atoms with Crippen LogP contribution < -0.4 is 11.0 Å². The lowest BCUT2D eigenvalue weighted by Gasteiger charge is -2.33. The predicted octanol–water partition coefficient (Wildman–Crippen LogP) is 8.57. The second-order valence-electron chi connectivity index (χ2n) is 14.5. The van der Waals surface area contributed by atoms with E-state index in [0.29, 0.717) is 59.2 Å². The zero-order valence-electron chi connectivity index (χ0n) is 31.2. The summed E-state index contributed by atoms with van der Waals surface area (Å²) in [6.07, 6.45) is 8.38. The Bertz CT molecular complexity index is 2590. The monoisotopic (exact) mass is 742 g/mol. The van der Waals surface area contributed by atoms with Crippen molar-refractivity contribution < 1.29 is 8.85 Å². The average molecular weight is 743 g/mol. The molecule has 11 heteroatoms. The van der Waals surface area contributed by atoms with E-state index in [1.165, 1.54) is 0 Å². The molecule has 4 aromatic carbocycles. The summed E-state index contributed by atoms with van der Waals surface area (Å²) in [4.78, 5) is 32.4. The highest BCUT2D eigenvalue weighted by Crippen LogP contribution is 2.43. The highest BCUT2D eigenvalue weighted by Gasteiger charge is 2.52. The van der Waals surface area contributed by atoms with Crippen LogP contribution in [-0.4, -0.2) is 53.9 Å². The van der Waals surface area contributed by atoms with Gasteiger partial charge in [-0.3, -0.25) is 8.47 Å². The molecule has 0 saturated heterocycles. The summed E-state index contributed by atoms with van der Waals surface area (Å²) in [5.41, 5.74) is 5.08. The molecule has 55 heavy (non-hydrogen) atoms. The topological polar surface area (TPSA) is 102 Å². The highest BCUT2D eigenvalue weighted by molar-refractivity contribution is 6.66. The van der Waals surface area contributed by atoms with Gasteiger partial charge in [0.1, 0.15) is 22.6 Å². The number of hydrogen-bond donors (Lipinski definition) is 0. The molecule has 4 aliphatic heterocycles. The van der Waals surface area contributed by atoms with Crippen LogP contribution in [0.15, 0.2) is 127 Å². The summed E-state index contributed by atoms with van der Waals surface area (Å²) < 4.78 is 19.5. The van der Waals surface area contributed by atoms with Gasteiger partial charge in [0.25, 0.3) is 0 Å². The minimum absolute atomic E-state index is 0.484. The molecule has 0 amide bonds. The van der Waals surface area contributed by atoms with Crippen LogP contribution in [0.3, 0.4) is 0 Å². The number of rotatable bonds is 12. The molecule has 0 saturated carbocycles. The molecular weight excluding hydrogens is 701 g/mol. The fourth-order valence-electron chi connectivity index (χ4n) is 8.20. The highest BCUT2D eigenvalue weighted by atomic mass is 28.4. The van der Waals surface area contributed by atoms with Gasteiger partial charge in [0.05, 0.1) is 0 Å². The molecule has 10 nitrogen and oxygen atoms in total. The molecule has 6 heterocycles. The first-order valence-electron chi connectivity index (χ1n) is 19.7. The van der Waals surface area contributed by atoms with Crippen LogP contribution in [-0.2, 0) is 8.85 Å². The Morgan fingerprint density at radius 1 is 0.418 bits per heavy atom. The molecule has 0 radical (unpaired) electrons. The van der Waals surface area contributed by atoms with E-state index in [-0.39, 0.29) is 0 Å². The molecule has 274 valence electrons. The third-order valence-corrected chi connectivity index (χ3v) is 14.0. The van der Waals surface area contributed by atoms with E-state index >= 15 is 0 Å². The summed E-state index contributed by atoms with van der Waals surface area (Å²) in [6.45, 7) is 5.43. The Balaban J connectivity index is 1.42. The number of aromatic nitrogens is 2. The third-order valence-electron chi connectivity index (χ3n) is 10.9. The number of hydrogen-bond acceptors (Lipinski definition) is 8. The van der Waals surface area contributed by atoms with Crippen LogP contribution in [0.1, 0.15) is 87.5 Å². The number of aliphatic imine (C=N–C) groups is 4. The van der Waals surface area contributed by atoms with Gasteiger partial charge in [-0.1, -0.05) is 149 Å². The van der Waals surface area contributed by atoms with Gasteiger partial charge in [-0.25, -0.2) is 30.0 Å². The Kier molecular flexibility index (Phi) is 8.57. The van der Waals surface area contributed by atoms with Crippen molar-refractivity contribution in [3.63, 3.8) is 0 Å². The number of fused-ring (bicyclic) bond motifs is 14. The van der Waals surface area contributed by atoms with Crippen molar-refractivity contribution in [2.24, 2.45) is 30.0 Å². The number of benzene rings is 4. The molecule has 6 aromatic rings. The molecule has 0 fully saturated rings. The van der Waals surface area contributed by atoms with Gasteiger partial charge in [-0.15, -0.1) is 0 Å². The van der Waals surface area contributed by atoms with Gasteiger partial charge in [0.15, 0.2) is 23.3 Å². The Morgan fingerprint density at radius 2 is 0.800 bits per heavy atom.